The molecule has 0 aliphatic heterocycles. The van der Waals surface area contributed by atoms with Gasteiger partial charge >= 0.3 is 0 Å². The molecule has 154 valence electrons. The van der Waals surface area contributed by atoms with E-state index in [1.54, 1.807) is 19.2 Å². The molecule has 1 aromatic heterocycles. The van der Waals surface area contributed by atoms with Crippen molar-refractivity contribution in [2.75, 3.05) is 12.8 Å². The van der Waals surface area contributed by atoms with Crippen LogP contribution in [0, 0.1) is 0 Å². The minimum atomic E-state index is -3.63. The molecular formula is C22H19ClN2O3S2. The van der Waals surface area contributed by atoms with E-state index in [4.69, 9.17) is 21.2 Å². The van der Waals surface area contributed by atoms with Crippen molar-refractivity contribution in [2.45, 2.75) is 4.90 Å². The van der Waals surface area contributed by atoms with Gasteiger partial charge in [-0.25, -0.2) is 13.4 Å². The van der Waals surface area contributed by atoms with Crippen molar-refractivity contribution < 1.29 is 13.2 Å². The molecule has 1 heterocycles. The van der Waals surface area contributed by atoms with Crippen molar-refractivity contribution in [2.24, 2.45) is 0 Å². The van der Waals surface area contributed by atoms with E-state index in [0.717, 1.165) is 28.1 Å². The van der Waals surface area contributed by atoms with Gasteiger partial charge in [0.1, 0.15) is 5.75 Å². The summed E-state index contributed by atoms with van der Waals surface area (Å²) in [6, 6.07) is 24.0. The van der Waals surface area contributed by atoms with Crippen LogP contribution in [0.25, 0.3) is 22.4 Å². The minimum Gasteiger partial charge on any atom is -0.497 e. The van der Waals surface area contributed by atoms with Gasteiger partial charge in [0.2, 0.25) is 0 Å². The normalized spacial score (nSPS) is 10.7. The summed E-state index contributed by atoms with van der Waals surface area (Å²) in [5, 5.41) is 2.53. The molecule has 0 atom stereocenters. The van der Waals surface area contributed by atoms with Crippen molar-refractivity contribution in [1.29, 1.82) is 0 Å². The molecule has 0 saturated heterocycles. The third-order valence-electron chi connectivity index (χ3n) is 4.15. The molecular weight excluding hydrogens is 440 g/mol. The van der Waals surface area contributed by atoms with E-state index in [1.807, 2.05) is 60.0 Å². The smallest absolute Gasteiger partial charge is 0.261 e. The Kier molecular flexibility index (Phi) is 7.10. The number of anilines is 1. The predicted octanol–water partition coefficient (Wildman–Crippen LogP) is 5.68. The zero-order valence-corrected chi connectivity index (χ0v) is 18.4. The van der Waals surface area contributed by atoms with Crippen LogP contribution in [-0.4, -0.2) is 20.5 Å². The average molecular weight is 459 g/mol. The lowest BCUT2D eigenvalue weighted by Gasteiger charge is -2.01. The highest BCUT2D eigenvalue weighted by atomic mass is 35.7. The number of nitrogens with zero attached hydrogens (tertiary/aromatic N) is 1. The van der Waals surface area contributed by atoms with Gasteiger partial charge in [0.25, 0.3) is 9.05 Å². The Morgan fingerprint density at radius 3 is 1.93 bits per heavy atom. The zero-order valence-electron chi connectivity index (χ0n) is 16.0. The first kappa shape index (κ1) is 21.8. The van der Waals surface area contributed by atoms with Crippen LogP contribution in [0.3, 0.4) is 0 Å². The zero-order chi connectivity index (χ0) is 21.6. The largest absolute Gasteiger partial charge is 0.497 e. The van der Waals surface area contributed by atoms with E-state index in [9.17, 15) is 8.42 Å². The molecule has 0 unspecified atom stereocenters. The highest BCUT2D eigenvalue weighted by molar-refractivity contribution is 8.13. The van der Waals surface area contributed by atoms with E-state index in [2.05, 4.69) is 4.98 Å². The Labute approximate surface area is 184 Å². The maximum absolute atomic E-state index is 11.0. The van der Waals surface area contributed by atoms with Gasteiger partial charge in [0.15, 0.2) is 5.13 Å². The van der Waals surface area contributed by atoms with Crippen LogP contribution in [0.2, 0.25) is 0 Å². The average Bonchev–Trinajstić information content (AvgIpc) is 3.21. The van der Waals surface area contributed by atoms with Crippen molar-refractivity contribution >= 4 is 36.2 Å². The number of ether oxygens (including phenoxy) is 1. The minimum absolute atomic E-state index is 0.119. The van der Waals surface area contributed by atoms with Crippen LogP contribution in [0.15, 0.2) is 89.1 Å². The van der Waals surface area contributed by atoms with E-state index in [1.165, 1.54) is 23.5 Å². The lowest BCUT2D eigenvalue weighted by molar-refractivity contribution is 0.415. The van der Waals surface area contributed by atoms with Gasteiger partial charge in [-0.2, -0.15) is 0 Å². The molecule has 5 nitrogen and oxygen atoms in total. The Bertz CT molecular complexity index is 1190. The molecule has 0 radical (unpaired) electrons. The van der Waals surface area contributed by atoms with Gasteiger partial charge in [-0.3, -0.25) is 0 Å². The number of hydrogen-bond acceptors (Lipinski definition) is 6. The van der Waals surface area contributed by atoms with E-state index in [0.29, 0.717) is 5.13 Å². The fourth-order valence-corrected chi connectivity index (χ4v) is 3.96. The highest BCUT2D eigenvalue weighted by Crippen LogP contribution is 2.25. The second-order valence-electron chi connectivity index (χ2n) is 6.13. The third-order valence-corrected chi connectivity index (χ3v) is 6.19. The van der Waals surface area contributed by atoms with Crippen molar-refractivity contribution in [3.63, 3.8) is 0 Å². The summed E-state index contributed by atoms with van der Waals surface area (Å²) in [4.78, 5) is 4.31. The first-order chi connectivity index (χ1) is 14.4. The molecule has 0 bridgehead atoms. The van der Waals surface area contributed by atoms with Gasteiger partial charge in [0.05, 0.1) is 17.7 Å². The van der Waals surface area contributed by atoms with Crippen LogP contribution in [-0.2, 0) is 9.05 Å². The molecule has 4 aromatic rings. The molecule has 30 heavy (non-hydrogen) atoms. The summed E-state index contributed by atoms with van der Waals surface area (Å²) in [5.41, 5.74) is 9.53. The molecule has 0 spiro atoms. The van der Waals surface area contributed by atoms with Crippen molar-refractivity contribution in [3.05, 3.63) is 84.2 Å². The van der Waals surface area contributed by atoms with Crippen LogP contribution >= 0.6 is 22.0 Å². The summed E-state index contributed by atoms with van der Waals surface area (Å²) in [6.45, 7) is 0. The van der Waals surface area contributed by atoms with Gasteiger partial charge in [-0.05, 0) is 47.5 Å². The fraction of sp³-hybridized carbons (Fsp3) is 0.0455. The molecule has 8 heteroatoms. The number of thiazole rings is 1. The maximum atomic E-state index is 11.0. The Hall–Kier alpha value is -2.87. The SMILES string of the molecule is COc1ccc(-c2csc(N)n2)cc1.O=S(=O)(Cl)c1ccc(-c2ccccc2)cc1. The fourth-order valence-electron chi connectivity index (χ4n) is 2.62. The number of hydrogen-bond donors (Lipinski definition) is 1. The van der Waals surface area contributed by atoms with Crippen LogP contribution < -0.4 is 10.5 Å². The maximum Gasteiger partial charge on any atom is 0.261 e. The monoisotopic (exact) mass is 458 g/mol. The van der Waals surface area contributed by atoms with Crippen LogP contribution in [0.4, 0.5) is 5.13 Å². The van der Waals surface area contributed by atoms with Gasteiger partial charge in [-0.1, -0.05) is 42.5 Å². The quantitative estimate of drug-likeness (QED) is 0.397. The van der Waals surface area contributed by atoms with Crippen molar-refractivity contribution in [3.8, 4) is 28.1 Å². The van der Waals surface area contributed by atoms with Gasteiger partial charge in [0, 0.05) is 21.6 Å². The number of benzene rings is 3. The van der Waals surface area contributed by atoms with Gasteiger partial charge < -0.3 is 10.5 Å². The Balaban J connectivity index is 0.000000172. The summed E-state index contributed by atoms with van der Waals surface area (Å²) in [6.07, 6.45) is 0. The molecule has 3 aromatic carbocycles. The number of rotatable bonds is 4. The predicted molar refractivity (Wildman–Crippen MR) is 123 cm³/mol. The number of nitrogen functional groups attached to an aromatic ring is 1. The second kappa shape index (κ2) is 9.75. The number of aromatic nitrogens is 1. The van der Waals surface area contributed by atoms with Crippen molar-refractivity contribution in [1.82, 2.24) is 4.98 Å². The molecule has 0 aliphatic carbocycles. The van der Waals surface area contributed by atoms with Crippen LogP contribution in [0.5, 0.6) is 5.75 Å². The molecule has 0 amide bonds. The topological polar surface area (TPSA) is 82.3 Å². The van der Waals surface area contributed by atoms with Gasteiger partial charge in [-0.15, -0.1) is 11.3 Å². The molecule has 0 aliphatic rings. The lowest BCUT2D eigenvalue weighted by Crippen LogP contribution is -1.89. The molecule has 0 saturated carbocycles. The van der Waals surface area contributed by atoms with E-state index in [-0.39, 0.29) is 4.90 Å². The molecule has 2 N–H and O–H groups in total. The second-order valence-corrected chi connectivity index (χ2v) is 9.58. The summed E-state index contributed by atoms with van der Waals surface area (Å²) < 4.78 is 27.2. The summed E-state index contributed by atoms with van der Waals surface area (Å²) >= 11 is 1.44. The Morgan fingerprint density at radius 2 is 1.43 bits per heavy atom. The number of methoxy groups -OCH3 is 1. The standard InChI is InChI=1S/C12H9ClO2S.C10H10N2OS/c13-16(14,15)12-8-6-11(7-9-12)10-4-2-1-3-5-10;1-13-8-4-2-7(3-5-8)9-6-14-10(11)12-9/h1-9H;2-6H,1H3,(H2,11,12). The first-order valence-corrected chi connectivity index (χ1v) is 12.0. The third kappa shape index (κ3) is 5.82. The highest BCUT2D eigenvalue weighted by Gasteiger charge is 2.09. The van der Waals surface area contributed by atoms with Crippen LogP contribution in [0.1, 0.15) is 0 Å². The molecule has 0 fully saturated rings. The first-order valence-electron chi connectivity index (χ1n) is 8.82. The van der Waals surface area contributed by atoms with E-state index >= 15 is 0 Å². The molecule has 4 rings (SSSR count). The summed E-state index contributed by atoms with van der Waals surface area (Å²) in [7, 11) is 3.25. The Morgan fingerprint density at radius 1 is 0.867 bits per heavy atom. The number of nitrogens with two attached hydrogens (primary N) is 1. The van der Waals surface area contributed by atoms with E-state index < -0.39 is 9.05 Å². The summed E-state index contributed by atoms with van der Waals surface area (Å²) in [5.74, 6) is 0.844. The lowest BCUT2D eigenvalue weighted by atomic mass is 10.1. The number of halogens is 1.